The molecule has 2 aromatic heterocycles. The Morgan fingerprint density at radius 1 is 0.612 bits per heavy atom. The van der Waals surface area contributed by atoms with Gasteiger partial charge in [0.15, 0.2) is 0 Å². The van der Waals surface area contributed by atoms with E-state index in [9.17, 15) is 0 Å². The van der Waals surface area contributed by atoms with Crippen LogP contribution in [0, 0.1) is 5.41 Å². The van der Waals surface area contributed by atoms with Gasteiger partial charge in [0.25, 0.3) is 0 Å². The van der Waals surface area contributed by atoms with Crippen molar-refractivity contribution < 1.29 is 0 Å². The van der Waals surface area contributed by atoms with E-state index in [1.54, 1.807) is 0 Å². The molecule has 0 amide bonds. The highest BCUT2D eigenvalue weighted by atomic mass is 15.1. The molecule has 0 saturated carbocycles. The zero-order valence-electron chi connectivity index (χ0n) is 32.2. The van der Waals surface area contributed by atoms with Crippen LogP contribution in [0.1, 0.15) is 173 Å². The van der Waals surface area contributed by atoms with E-state index in [2.05, 4.69) is 93.0 Å². The number of hydrogen-bond donors (Lipinski definition) is 1. The maximum Gasteiger partial charge on any atom is 0.111 e. The maximum absolute atomic E-state index is 5.30. The molecule has 1 N–H and O–H groups in total. The Hall–Kier alpha value is -2.72. The molecule has 0 aliphatic rings. The molecule has 0 radical (unpaired) electrons. The first-order valence-electron chi connectivity index (χ1n) is 20.4. The summed E-state index contributed by atoms with van der Waals surface area (Å²) in [6, 6.07) is 17.9. The monoisotopic (exact) mass is 667 g/mol. The summed E-state index contributed by atoms with van der Waals surface area (Å²) in [5.74, 6) is 1.19. The SMILES string of the molecule is CCCCCCCCCCCCCCCCCCNCc1ccc(Cn2c(CCCC)nc3c(CC(C)(C)C)nc4ccccc4c32)cc1. The lowest BCUT2D eigenvalue weighted by atomic mass is 9.89. The molecular formula is C45H70N4. The van der Waals surface area contributed by atoms with E-state index in [1.807, 2.05) is 0 Å². The van der Waals surface area contributed by atoms with Gasteiger partial charge in [-0.15, -0.1) is 0 Å². The molecule has 0 aliphatic carbocycles. The number of hydrogen-bond acceptors (Lipinski definition) is 3. The topological polar surface area (TPSA) is 42.7 Å². The Bertz CT molecular complexity index is 1480. The summed E-state index contributed by atoms with van der Waals surface area (Å²) in [6.07, 6.45) is 26.9. The van der Waals surface area contributed by atoms with Crippen LogP contribution in [0.4, 0.5) is 0 Å². The Morgan fingerprint density at radius 3 is 1.76 bits per heavy atom. The van der Waals surface area contributed by atoms with Gasteiger partial charge in [0.05, 0.1) is 16.7 Å². The lowest BCUT2D eigenvalue weighted by Gasteiger charge is -2.18. The van der Waals surface area contributed by atoms with Crippen LogP contribution in [0.25, 0.3) is 21.9 Å². The van der Waals surface area contributed by atoms with E-state index in [0.29, 0.717) is 0 Å². The minimum absolute atomic E-state index is 0.144. The number of nitrogens with one attached hydrogen (secondary N) is 1. The second-order valence-electron chi connectivity index (χ2n) is 16.0. The Balaban J connectivity index is 1.19. The predicted molar refractivity (Wildman–Crippen MR) is 214 cm³/mol. The maximum atomic E-state index is 5.30. The van der Waals surface area contributed by atoms with Crippen molar-refractivity contribution in [3.8, 4) is 0 Å². The highest BCUT2D eigenvalue weighted by Gasteiger charge is 2.22. The Morgan fingerprint density at radius 2 is 1.16 bits per heavy atom. The van der Waals surface area contributed by atoms with Crippen LogP contribution in [0.15, 0.2) is 48.5 Å². The van der Waals surface area contributed by atoms with E-state index < -0.39 is 0 Å². The van der Waals surface area contributed by atoms with E-state index in [4.69, 9.17) is 9.97 Å². The summed E-state index contributed by atoms with van der Waals surface area (Å²) in [7, 11) is 0. The molecule has 0 atom stereocenters. The molecule has 0 unspecified atom stereocenters. The van der Waals surface area contributed by atoms with Crippen molar-refractivity contribution in [1.29, 1.82) is 0 Å². The molecule has 4 heteroatoms. The van der Waals surface area contributed by atoms with Crippen LogP contribution in [0.3, 0.4) is 0 Å². The molecule has 49 heavy (non-hydrogen) atoms. The summed E-state index contributed by atoms with van der Waals surface area (Å²) >= 11 is 0. The molecule has 4 nitrogen and oxygen atoms in total. The van der Waals surface area contributed by atoms with Crippen molar-refractivity contribution in [2.75, 3.05) is 6.54 Å². The summed E-state index contributed by atoms with van der Waals surface area (Å²) in [5.41, 5.74) is 7.38. The van der Waals surface area contributed by atoms with Crippen molar-refractivity contribution in [2.45, 2.75) is 176 Å². The molecule has 0 spiro atoms. The van der Waals surface area contributed by atoms with Gasteiger partial charge >= 0.3 is 0 Å². The smallest absolute Gasteiger partial charge is 0.111 e. The van der Waals surface area contributed by atoms with Gasteiger partial charge in [-0.1, -0.05) is 180 Å². The summed E-state index contributed by atoms with van der Waals surface area (Å²) in [4.78, 5) is 10.4. The molecule has 0 saturated heterocycles. The average Bonchev–Trinajstić information content (AvgIpc) is 3.45. The second-order valence-corrected chi connectivity index (χ2v) is 16.0. The van der Waals surface area contributed by atoms with Crippen LogP contribution in [0.5, 0.6) is 0 Å². The van der Waals surface area contributed by atoms with Crippen molar-refractivity contribution >= 4 is 21.9 Å². The minimum Gasteiger partial charge on any atom is -0.323 e. The van der Waals surface area contributed by atoms with Crippen molar-refractivity contribution in [1.82, 2.24) is 19.9 Å². The third kappa shape index (κ3) is 13.5. The minimum atomic E-state index is 0.144. The van der Waals surface area contributed by atoms with E-state index in [-0.39, 0.29) is 5.41 Å². The highest BCUT2D eigenvalue weighted by Crippen LogP contribution is 2.32. The van der Waals surface area contributed by atoms with Gasteiger partial charge in [0.2, 0.25) is 0 Å². The number of aromatic nitrogens is 3. The molecule has 2 aromatic carbocycles. The fraction of sp³-hybridized carbons (Fsp3) is 0.644. The zero-order valence-corrected chi connectivity index (χ0v) is 32.2. The van der Waals surface area contributed by atoms with Gasteiger partial charge in [-0.05, 0) is 48.4 Å². The van der Waals surface area contributed by atoms with Gasteiger partial charge in [-0.3, -0.25) is 4.98 Å². The number of para-hydroxylation sites is 1. The summed E-state index contributed by atoms with van der Waals surface area (Å²) < 4.78 is 2.49. The lowest BCUT2D eigenvalue weighted by Crippen LogP contribution is -2.14. The first-order chi connectivity index (χ1) is 23.9. The van der Waals surface area contributed by atoms with Crippen molar-refractivity contribution in [3.63, 3.8) is 0 Å². The standard InChI is InChI=1S/C45H70N4/c1-6-8-10-11-12-13-14-15-16-17-18-19-20-21-22-25-33-46-35-37-29-31-38(32-30-37)36-49-42(28-9-7-2)48-43-41(34-45(3,4)5)47-40-27-24-23-26-39(40)44(43)49/h23-24,26-27,29-32,46H,6-22,25,28,33-36H2,1-5H3. The van der Waals surface area contributed by atoms with Gasteiger partial charge in [-0.25, -0.2) is 4.98 Å². The number of rotatable bonds is 25. The largest absolute Gasteiger partial charge is 0.323 e. The van der Waals surface area contributed by atoms with E-state index in [1.165, 1.54) is 131 Å². The van der Waals surface area contributed by atoms with Crippen LogP contribution >= 0.6 is 0 Å². The van der Waals surface area contributed by atoms with Gasteiger partial charge in [-0.2, -0.15) is 0 Å². The first-order valence-corrected chi connectivity index (χ1v) is 20.4. The average molecular weight is 667 g/mol. The van der Waals surface area contributed by atoms with Gasteiger partial charge < -0.3 is 9.88 Å². The summed E-state index contributed by atoms with van der Waals surface area (Å²) in [6.45, 7) is 14.3. The molecule has 4 rings (SSSR count). The number of unbranched alkanes of at least 4 members (excludes halogenated alkanes) is 16. The highest BCUT2D eigenvalue weighted by molar-refractivity contribution is 6.03. The number of nitrogens with zero attached hydrogens (tertiary/aromatic N) is 3. The molecule has 0 fully saturated rings. The fourth-order valence-electron chi connectivity index (χ4n) is 7.24. The van der Waals surface area contributed by atoms with Crippen LogP contribution in [0.2, 0.25) is 0 Å². The zero-order chi connectivity index (χ0) is 34.7. The number of fused-ring (bicyclic) bond motifs is 3. The Kier molecular flexibility index (Phi) is 17.1. The van der Waals surface area contributed by atoms with Crippen LogP contribution in [-0.2, 0) is 25.9 Å². The lowest BCUT2D eigenvalue weighted by molar-refractivity contribution is 0.408. The van der Waals surface area contributed by atoms with Gasteiger partial charge in [0.1, 0.15) is 11.3 Å². The predicted octanol–water partition coefficient (Wildman–Crippen LogP) is 12.9. The number of imidazole rings is 1. The molecule has 2 heterocycles. The molecule has 0 aliphatic heterocycles. The van der Waals surface area contributed by atoms with E-state index in [0.717, 1.165) is 62.0 Å². The molecule has 270 valence electrons. The van der Waals surface area contributed by atoms with Crippen LogP contribution in [-0.4, -0.2) is 21.1 Å². The van der Waals surface area contributed by atoms with Crippen molar-refractivity contribution in [2.24, 2.45) is 5.41 Å². The summed E-state index contributed by atoms with van der Waals surface area (Å²) in [5, 5.41) is 4.90. The number of benzene rings is 2. The van der Waals surface area contributed by atoms with Crippen LogP contribution < -0.4 is 5.32 Å². The number of pyridine rings is 1. The third-order valence-electron chi connectivity index (χ3n) is 10.1. The quantitative estimate of drug-likeness (QED) is 0.0716. The van der Waals surface area contributed by atoms with Gasteiger partial charge in [0, 0.05) is 24.9 Å². The second kappa shape index (κ2) is 21.5. The Labute approximate surface area is 300 Å². The third-order valence-corrected chi connectivity index (χ3v) is 10.1. The first kappa shape index (κ1) is 39.1. The fourth-order valence-corrected chi connectivity index (χ4v) is 7.24. The van der Waals surface area contributed by atoms with E-state index >= 15 is 0 Å². The molecule has 4 aromatic rings. The molecule has 0 bridgehead atoms. The molecular weight excluding hydrogens is 597 g/mol. The van der Waals surface area contributed by atoms with Crippen molar-refractivity contribution in [3.05, 3.63) is 71.2 Å². The number of aryl methyl sites for hydroxylation is 1. The normalized spacial score (nSPS) is 12.1.